The van der Waals surface area contributed by atoms with Crippen molar-refractivity contribution >= 4 is 27.8 Å². The number of hydrogen-bond acceptors (Lipinski definition) is 7. The third-order valence-electron chi connectivity index (χ3n) is 2.73. The molecule has 0 unspecified atom stereocenters. The summed E-state index contributed by atoms with van der Waals surface area (Å²) < 4.78 is 0. The van der Waals surface area contributed by atoms with Crippen molar-refractivity contribution < 1.29 is 14.8 Å². The van der Waals surface area contributed by atoms with E-state index in [1.165, 1.54) is 0 Å². The average molecular weight is 288 g/mol. The first-order valence-corrected chi connectivity index (χ1v) is 5.30. The first-order valence-electron chi connectivity index (χ1n) is 5.30. The van der Waals surface area contributed by atoms with Gasteiger partial charge in [-0.15, -0.1) is 0 Å². The zero-order valence-corrected chi connectivity index (χ0v) is 10.0. The molecule has 0 bridgehead atoms. The third kappa shape index (κ3) is 2.30. The van der Waals surface area contributed by atoms with Crippen LogP contribution in [0, 0.1) is 41.7 Å². The predicted octanol–water partition coefficient (Wildman–Crippen LogP) is 2.44. The van der Waals surface area contributed by atoms with Crippen molar-refractivity contribution in [2.75, 3.05) is 0 Å². The number of hydrogen-bond donors (Lipinski definition) is 0. The molecule has 0 spiro atoms. The molecule has 2 aromatic rings. The number of benzene rings is 2. The van der Waals surface area contributed by atoms with Gasteiger partial charge in [-0.25, -0.2) is 0 Å². The monoisotopic (exact) mass is 288 g/mol. The van der Waals surface area contributed by atoms with Crippen LogP contribution in [0.2, 0.25) is 0 Å². The van der Waals surface area contributed by atoms with Gasteiger partial charge in [0.1, 0.15) is 5.39 Å². The van der Waals surface area contributed by atoms with E-state index in [0.29, 0.717) is 6.07 Å². The maximum atomic E-state index is 11.0. The molecule has 2 aromatic carbocycles. The van der Waals surface area contributed by atoms with Gasteiger partial charge in [0.25, 0.3) is 17.1 Å². The molecule has 21 heavy (non-hydrogen) atoms. The van der Waals surface area contributed by atoms with Gasteiger partial charge in [-0.1, -0.05) is 0 Å². The van der Waals surface area contributed by atoms with Crippen LogP contribution in [0.3, 0.4) is 0 Å². The first kappa shape index (κ1) is 13.8. The van der Waals surface area contributed by atoms with Crippen molar-refractivity contribution in [3.63, 3.8) is 0 Å². The van der Waals surface area contributed by atoms with Crippen LogP contribution in [0.1, 0.15) is 5.56 Å². The second-order valence-electron chi connectivity index (χ2n) is 3.94. The van der Waals surface area contributed by atoms with Crippen LogP contribution in [-0.2, 0) is 0 Å². The summed E-state index contributed by atoms with van der Waals surface area (Å²) >= 11 is 0. The van der Waals surface area contributed by atoms with Crippen LogP contribution < -0.4 is 0 Å². The Bertz CT molecular complexity index is 854. The standard InChI is InChI=1S/C11H4N4O6/c12-5-6-1-7-3-8(13(16)17)4-10(15(20)21)11(7)9(2-6)14(18)19/h1-4H. The molecule has 2 rings (SSSR count). The van der Waals surface area contributed by atoms with Gasteiger partial charge in [-0.2, -0.15) is 5.26 Å². The van der Waals surface area contributed by atoms with Gasteiger partial charge in [-0.05, 0) is 6.07 Å². The molecule has 0 amide bonds. The molecule has 10 nitrogen and oxygen atoms in total. The lowest BCUT2D eigenvalue weighted by Crippen LogP contribution is -1.98. The lowest BCUT2D eigenvalue weighted by Gasteiger charge is -2.02. The Morgan fingerprint density at radius 2 is 1.43 bits per heavy atom. The topological polar surface area (TPSA) is 153 Å². The smallest absolute Gasteiger partial charge is 0.258 e. The Labute approximate surface area is 115 Å². The summed E-state index contributed by atoms with van der Waals surface area (Å²) in [6, 6.07) is 5.29. The predicted molar refractivity (Wildman–Crippen MR) is 68.6 cm³/mol. The van der Waals surface area contributed by atoms with Crippen LogP contribution in [0.5, 0.6) is 0 Å². The Balaban J connectivity index is 3.04. The van der Waals surface area contributed by atoms with Gasteiger partial charge in [0.2, 0.25) is 0 Å². The summed E-state index contributed by atoms with van der Waals surface area (Å²) in [7, 11) is 0. The highest BCUT2D eigenvalue weighted by molar-refractivity contribution is 6.00. The molecule has 0 aliphatic heterocycles. The quantitative estimate of drug-likeness (QED) is 0.620. The van der Waals surface area contributed by atoms with E-state index in [0.717, 1.165) is 18.2 Å². The number of non-ortho nitro benzene ring substituents is 3. The highest BCUT2D eigenvalue weighted by atomic mass is 16.6. The Morgan fingerprint density at radius 1 is 0.857 bits per heavy atom. The van der Waals surface area contributed by atoms with E-state index in [-0.39, 0.29) is 16.3 Å². The molecule has 0 aliphatic rings. The Kier molecular flexibility index (Phi) is 3.17. The van der Waals surface area contributed by atoms with Crippen LogP contribution in [0.4, 0.5) is 17.1 Å². The van der Waals surface area contributed by atoms with Crippen molar-refractivity contribution in [1.82, 2.24) is 0 Å². The van der Waals surface area contributed by atoms with Gasteiger partial charge in [0, 0.05) is 17.5 Å². The molecule has 0 saturated carbocycles. The van der Waals surface area contributed by atoms with E-state index < -0.39 is 31.8 Å². The van der Waals surface area contributed by atoms with Gasteiger partial charge < -0.3 is 0 Å². The number of rotatable bonds is 3. The molecular formula is C11H4N4O6. The van der Waals surface area contributed by atoms with Crippen LogP contribution in [0.25, 0.3) is 10.8 Å². The van der Waals surface area contributed by atoms with Crippen LogP contribution in [0.15, 0.2) is 24.3 Å². The molecule has 0 aliphatic carbocycles. The van der Waals surface area contributed by atoms with Crippen molar-refractivity contribution in [2.24, 2.45) is 0 Å². The lowest BCUT2D eigenvalue weighted by atomic mass is 10.0. The molecule has 0 saturated heterocycles. The molecule has 0 atom stereocenters. The van der Waals surface area contributed by atoms with E-state index in [2.05, 4.69) is 0 Å². The molecular weight excluding hydrogens is 284 g/mol. The largest absolute Gasteiger partial charge is 0.291 e. The fourth-order valence-electron chi connectivity index (χ4n) is 1.91. The van der Waals surface area contributed by atoms with Gasteiger partial charge in [0.05, 0.1) is 32.5 Å². The number of nitrogens with zero attached hydrogens (tertiary/aromatic N) is 4. The molecule has 0 fully saturated rings. The molecule has 0 radical (unpaired) electrons. The summed E-state index contributed by atoms with van der Waals surface area (Å²) in [5.41, 5.74) is -2.11. The normalized spacial score (nSPS) is 10.0. The third-order valence-corrected chi connectivity index (χ3v) is 2.73. The van der Waals surface area contributed by atoms with Crippen molar-refractivity contribution in [3.05, 3.63) is 60.2 Å². The SMILES string of the molecule is N#Cc1cc([N+](=O)[O-])c2c([N+](=O)[O-])cc([N+](=O)[O-])cc2c1. The van der Waals surface area contributed by atoms with Crippen molar-refractivity contribution in [3.8, 4) is 6.07 Å². The summed E-state index contributed by atoms with van der Waals surface area (Å²) in [6.45, 7) is 0. The number of fused-ring (bicyclic) bond motifs is 1. The molecule has 10 heteroatoms. The summed E-state index contributed by atoms with van der Waals surface area (Å²) in [4.78, 5) is 30.1. The lowest BCUT2D eigenvalue weighted by molar-refractivity contribution is -0.395. The summed E-state index contributed by atoms with van der Waals surface area (Å²) in [5, 5.41) is 41.2. The zero-order chi connectivity index (χ0) is 15.7. The minimum absolute atomic E-state index is 0.110. The van der Waals surface area contributed by atoms with E-state index in [1.54, 1.807) is 6.07 Å². The maximum Gasteiger partial charge on any atom is 0.291 e. The molecule has 0 aromatic heterocycles. The molecule has 104 valence electrons. The summed E-state index contributed by atoms with van der Waals surface area (Å²) in [6.07, 6.45) is 0. The molecule has 0 heterocycles. The van der Waals surface area contributed by atoms with Gasteiger partial charge >= 0.3 is 0 Å². The van der Waals surface area contributed by atoms with E-state index in [1.807, 2.05) is 0 Å². The van der Waals surface area contributed by atoms with Crippen molar-refractivity contribution in [2.45, 2.75) is 0 Å². The van der Waals surface area contributed by atoms with E-state index in [9.17, 15) is 30.3 Å². The second-order valence-corrected chi connectivity index (χ2v) is 3.94. The Hall–Kier alpha value is -3.61. The fourth-order valence-corrected chi connectivity index (χ4v) is 1.91. The number of nitro benzene ring substituents is 3. The fraction of sp³-hybridized carbons (Fsp3) is 0. The van der Waals surface area contributed by atoms with Crippen LogP contribution >= 0.6 is 0 Å². The number of nitriles is 1. The summed E-state index contributed by atoms with van der Waals surface area (Å²) in [5.74, 6) is 0. The first-order chi connectivity index (χ1) is 9.85. The zero-order valence-electron chi connectivity index (χ0n) is 10.0. The van der Waals surface area contributed by atoms with Gasteiger partial charge in [0.15, 0.2) is 0 Å². The van der Waals surface area contributed by atoms with Crippen molar-refractivity contribution in [1.29, 1.82) is 5.26 Å². The minimum atomic E-state index is -0.936. The second kappa shape index (κ2) is 4.82. The van der Waals surface area contributed by atoms with Gasteiger partial charge in [-0.3, -0.25) is 30.3 Å². The molecule has 0 N–H and O–H groups in total. The maximum absolute atomic E-state index is 11.0. The Morgan fingerprint density at radius 3 is 1.90 bits per heavy atom. The van der Waals surface area contributed by atoms with Crippen LogP contribution in [-0.4, -0.2) is 14.8 Å². The highest BCUT2D eigenvalue weighted by Crippen LogP contribution is 2.37. The van der Waals surface area contributed by atoms with E-state index >= 15 is 0 Å². The minimum Gasteiger partial charge on any atom is -0.258 e. The highest BCUT2D eigenvalue weighted by Gasteiger charge is 2.27. The van der Waals surface area contributed by atoms with E-state index in [4.69, 9.17) is 5.26 Å². The number of nitro groups is 3. The average Bonchev–Trinajstić information content (AvgIpc) is 2.44.